The highest BCUT2D eigenvalue weighted by Gasteiger charge is 2.38. The molecule has 0 unspecified atom stereocenters. The van der Waals surface area contributed by atoms with E-state index in [9.17, 15) is 23.2 Å². The molecule has 170 valence electrons. The topological polar surface area (TPSA) is 100.0 Å². The van der Waals surface area contributed by atoms with E-state index in [1.54, 1.807) is 4.68 Å². The van der Waals surface area contributed by atoms with Crippen LogP contribution in [-0.4, -0.2) is 39.7 Å². The summed E-state index contributed by atoms with van der Waals surface area (Å²) in [5, 5.41) is 17.1. The first kappa shape index (κ1) is 22.1. The van der Waals surface area contributed by atoms with Crippen molar-refractivity contribution in [3.05, 3.63) is 41.6 Å². The summed E-state index contributed by atoms with van der Waals surface area (Å²) in [4.78, 5) is 14.4. The molecule has 1 aromatic heterocycles. The van der Waals surface area contributed by atoms with Crippen LogP contribution >= 0.6 is 0 Å². The Kier molecular flexibility index (Phi) is 5.86. The number of nitrogens with two attached hydrogens (primary N) is 1. The molecule has 0 radical (unpaired) electrons. The third kappa shape index (κ3) is 4.43. The van der Waals surface area contributed by atoms with Gasteiger partial charge in [-0.05, 0) is 49.4 Å². The number of primary amides is 1. The molecule has 1 saturated carbocycles. The number of nitrogens with one attached hydrogen (secondary N) is 1. The monoisotopic (exact) mass is 446 g/mol. The van der Waals surface area contributed by atoms with Crippen LogP contribution in [-0.2, 0) is 6.18 Å². The van der Waals surface area contributed by atoms with Gasteiger partial charge in [0.25, 0.3) is 5.91 Å². The molecule has 1 aliphatic heterocycles. The van der Waals surface area contributed by atoms with Crippen molar-refractivity contribution in [2.45, 2.75) is 44.4 Å². The van der Waals surface area contributed by atoms with Gasteiger partial charge >= 0.3 is 6.18 Å². The van der Waals surface area contributed by atoms with Gasteiger partial charge in [-0.25, -0.2) is 0 Å². The average molecular weight is 446 g/mol. The van der Waals surface area contributed by atoms with Gasteiger partial charge in [-0.1, -0.05) is 6.92 Å². The van der Waals surface area contributed by atoms with E-state index in [-0.39, 0.29) is 23.3 Å². The Morgan fingerprint density at radius 1 is 1.25 bits per heavy atom. The zero-order valence-electron chi connectivity index (χ0n) is 17.6. The highest BCUT2D eigenvalue weighted by atomic mass is 19.4. The van der Waals surface area contributed by atoms with Crippen LogP contribution in [0, 0.1) is 23.2 Å². The zero-order valence-corrected chi connectivity index (χ0v) is 17.6. The second kappa shape index (κ2) is 8.47. The van der Waals surface area contributed by atoms with Crippen molar-refractivity contribution in [3.8, 4) is 6.07 Å². The first-order valence-corrected chi connectivity index (χ1v) is 10.6. The molecule has 2 aromatic rings. The highest BCUT2D eigenvalue weighted by Crippen LogP contribution is 2.38. The van der Waals surface area contributed by atoms with Gasteiger partial charge in [0.15, 0.2) is 5.82 Å². The third-order valence-corrected chi connectivity index (χ3v) is 6.37. The Balaban J connectivity index is 1.52. The molecule has 1 amide bonds. The van der Waals surface area contributed by atoms with Crippen LogP contribution in [0.5, 0.6) is 0 Å². The first-order valence-electron chi connectivity index (χ1n) is 10.6. The largest absolute Gasteiger partial charge is 0.416 e. The molecule has 2 heterocycles. The molecule has 3 N–H and O–H groups in total. The Hall–Kier alpha value is -3.06. The number of anilines is 2. The highest BCUT2D eigenvalue weighted by molar-refractivity contribution is 5.98. The molecule has 7 nitrogen and oxygen atoms in total. The lowest BCUT2D eigenvalue weighted by molar-refractivity contribution is -0.137. The molecule has 2 fully saturated rings. The number of hydrogen-bond acceptors (Lipinski definition) is 5. The van der Waals surface area contributed by atoms with E-state index in [0.29, 0.717) is 17.6 Å². The number of rotatable bonds is 5. The smallest absolute Gasteiger partial charge is 0.365 e. The van der Waals surface area contributed by atoms with Crippen molar-refractivity contribution in [1.29, 1.82) is 5.26 Å². The fourth-order valence-corrected chi connectivity index (χ4v) is 4.68. The van der Waals surface area contributed by atoms with Gasteiger partial charge in [0, 0.05) is 31.0 Å². The van der Waals surface area contributed by atoms with E-state index in [2.05, 4.69) is 28.3 Å². The van der Waals surface area contributed by atoms with Gasteiger partial charge < -0.3 is 11.1 Å². The Bertz CT molecular complexity index is 1020. The number of likely N-dealkylation sites (tertiary alicyclic amines) is 1. The lowest BCUT2D eigenvalue weighted by Crippen LogP contribution is -2.53. The summed E-state index contributed by atoms with van der Waals surface area (Å²) in [5.74, 6) is -0.115. The fourth-order valence-electron chi connectivity index (χ4n) is 4.68. The van der Waals surface area contributed by atoms with Crippen LogP contribution in [0.25, 0.3) is 0 Å². The summed E-state index contributed by atoms with van der Waals surface area (Å²) in [6.07, 6.45) is -0.495. The Morgan fingerprint density at radius 2 is 1.94 bits per heavy atom. The van der Waals surface area contributed by atoms with Crippen molar-refractivity contribution < 1.29 is 18.0 Å². The number of halogens is 3. The van der Waals surface area contributed by atoms with Crippen molar-refractivity contribution in [1.82, 2.24) is 14.7 Å². The number of carbonyl (C=O) groups excluding carboxylic acids is 1. The molecular weight excluding hydrogens is 421 g/mol. The second-order valence-corrected chi connectivity index (χ2v) is 8.76. The number of hydrogen-bond donors (Lipinski definition) is 2. The van der Waals surface area contributed by atoms with Crippen molar-refractivity contribution in [2.75, 3.05) is 18.4 Å². The number of nitrogens with zero attached hydrogens (tertiary/aromatic N) is 4. The second-order valence-electron chi connectivity index (χ2n) is 8.76. The quantitative estimate of drug-likeness (QED) is 0.725. The SMILES string of the molecule is CC1CN([C@H]2CC[C@H](n3cc(C(N)=O)c(Nc4ccc(C(F)(F)F)cc4)n3)[C@@H](C#N)C2)C1. The van der Waals surface area contributed by atoms with E-state index in [1.165, 1.54) is 18.3 Å². The van der Waals surface area contributed by atoms with Crippen LogP contribution in [0.15, 0.2) is 30.5 Å². The predicted octanol–water partition coefficient (Wildman–Crippen LogP) is 3.93. The third-order valence-electron chi connectivity index (χ3n) is 6.37. The van der Waals surface area contributed by atoms with Gasteiger partial charge in [0.05, 0.1) is 23.6 Å². The lowest BCUT2D eigenvalue weighted by atomic mass is 9.80. The molecule has 0 bridgehead atoms. The summed E-state index contributed by atoms with van der Waals surface area (Å²) < 4.78 is 40.0. The van der Waals surface area contributed by atoms with Crippen molar-refractivity contribution in [2.24, 2.45) is 17.6 Å². The summed E-state index contributed by atoms with van der Waals surface area (Å²) >= 11 is 0. The van der Waals surface area contributed by atoms with E-state index in [4.69, 9.17) is 5.73 Å². The number of amides is 1. The molecule has 10 heteroatoms. The van der Waals surface area contributed by atoms with E-state index in [1.807, 2.05) is 0 Å². The van der Waals surface area contributed by atoms with Crippen molar-refractivity contribution in [3.63, 3.8) is 0 Å². The van der Waals surface area contributed by atoms with Crippen LogP contribution in [0.3, 0.4) is 0 Å². The minimum Gasteiger partial charge on any atom is -0.365 e. The van der Waals surface area contributed by atoms with Gasteiger partial charge in [0.1, 0.15) is 5.56 Å². The summed E-state index contributed by atoms with van der Waals surface area (Å²) in [7, 11) is 0. The number of nitriles is 1. The van der Waals surface area contributed by atoms with E-state index in [0.717, 1.165) is 44.5 Å². The van der Waals surface area contributed by atoms with Gasteiger partial charge in [-0.3, -0.25) is 14.4 Å². The van der Waals surface area contributed by atoms with Crippen LogP contribution in [0.2, 0.25) is 0 Å². The maximum atomic E-state index is 12.8. The van der Waals surface area contributed by atoms with Gasteiger partial charge in [0.2, 0.25) is 0 Å². The van der Waals surface area contributed by atoms with Crippen LogP contribution in [0.4, 0.5) is 24.7 Å². The molecule has 2 aliphatic rings. The summed E-state index contributed by atoms with van der Waals surface area (Å²) in [6.45, 7) is 4.33. The maximum Gasteiger partial charge on any atom is 0.416 e. The number of carbonyl (C=O) groups is 1. The standard InChI is InChI=1S/C22H25F3N6O/c1-13-10-30(11-13)17-6-7-19(14(8-17)9-26)31-12-18(20(27)32)21(29-31)28-16-4-2-15(3-5-16)22(23,24)25/h2-5,12-14,17,19H,6-8,10-11H2,1H3,(H2,27,32)(H,28,29)/t14-,17+,19+/m1/s1. The minimum absolute atomic E-state index is 0.125. The molecule has 0 spiro atoms. The normalized spacial score (nSPS) is 24.5. The molecular formula is C22H25F3N6O. The predicted molar refractivity (Wildman–Crippen MR) is 112 cm³/mol. The average Bonchev–Trinajstić information content (AvgIpc) is 3.14. The molecule has 1 saturated heterocycles. The first-order chi connectivity index (χ1) is 15.2. The number of alkyl halides is 3. The van der Waals surface area contributed by atoms with Gasteiger partial charge in [-0.2, -0.15) is 23.5 Å². The van der Waals surface area contributed by atoms with Crippen molar-refractivity contribution >= 4 is 17.4 Å². The molecule has 1 aliphatic carbocycles. The van der Waals surface area contributed by atoms with E-state index < -0.39 is 17.6 Å². The number of aromatic nitrogens is 2. The Labute approximate surface area is 184 Å². The van der Waals surface area contributed by atoms with E-state index >= 15 is 0 Å². The zero-order chi connectivity index (χ0) is 23.0. The van der Waals surface area contributed by atoms with Crippen LogP contribution < -0.4 is 11.1 Å². The molecule has 4 rings (SSSR count). The van der Waals surface area contributed by atoms with Crippen LogP contribution in [0.1, 0.15) is 48.1 Å². The fraction of sp³-hybridized carbons (Fsp3) is 0.500. The summed E-state index contributed by atoms with van der Waals surface area (Å²) in [6, 6.07) is 7.01. The molecule has 1 aromatic carbocycles. The molecule has 3 atom stereocenters. The summed E-state index contributed by atoms with van der Waals surface area (Å²) in [5.41, 5.74) is 5.21. The maximum absolute atomic E-state index is 12.8. The molecule has 32 heavy (non-hydrogen) atoms. The lowest BCUT2D eigenvalue weighted by Gasteiger charge is -2.46. The Morgan fingerprint density at radius 3 is 2.50 bits per heavy atom. The number of benzene rings is 1. The van der Waals surface area contributed by atoms with Gasteiger partial charge in [-0.15, -0.1) is 0 Å². The minimum atomic E-state index is -4.43.